The highest BCUT2D eigenvalue weighted by Crippen LogP contribution is 2.48. The maximum atomic E-state index is 13.6. The molecule has 10 heteroatoms. The molecular weight excluding hydrogens is 369 g/mol. The summed E-state index contributed by atoms with van der Waals surface area (Å²) < 4.78 is 58.3. The van der Waals surface area contributed by atoms with Gasteiger partial charge in [-0.2, -0.15) is 18.3 Å². The first-order chi connectivity index (χ1) is 12.8. The molecule has 3 heterocycles. The summed E-state index contributed by atoms with van der Waals surface area (Å²) in [5.41, 5.74) is -0.806. The van der Waals surface area contributed by atoms with E-state index in [9.17, 15) is 18.0 Å². The first kappa shape index (κ1) is 18.1. The summed E-state index contributed by atoms with van der Waals surface area (Å²) in [5.74, 6) is -3.00. The predicted molar refractivity (Wildman–Crippen MR) is 84.6 cm³/mol. The monoisotopic (exact) mass is 386 g/mol. The van der Waals surface area contributed by atoms with Crippen LogP contribution in [0.2, 0.25) is 0 Å². The van der Waals surface area contributed by atoms with Crippen molar-refractivity contribution in [1.29, 1.82) is 0 Å². The summed E-state index contributed by atoms with van der Waals surface area (Å²) in [6.07, 6.45) is -3.25. The quantitative estimate of drug-likeness (QED) is 0.873. The predicted octanol–water partition coefficient (Wildman–Crippen LogP) is 2.94. The number of alkyl halides is 3. The summed E-state index contributed by atoms with van der Waals surface area (Å²) in [4.78, 5) is 11.3. The number of hydrogen-bond acceptors (Lipinski definition) is 5. The van der Waals surface area contributed by atoms with Crippen LogP contribution in [0.5, 0.6) is 0 Å². The van der Waals surface area contributed by atoms with E-state index in [-0.39, 0.29) is 35.5 Å². The van der Waals surface area contributed by atoms with Gasteiger partial charge in [0.15, 0.2) is 0 Å². The summed E-state index contributed by atoms with van der Waals surface area (Å²) >= 11 is 0. The highest BCUT2D eigenvalue weighted by Gasteiger charge is 2.46. The number of rotatable bonds is 3. The molecule has 1 aliphatic carbocycles. The van der Waals surface area contributed by atoms with Crippen molar-refractivity contribution >= 4 is 5.97 Å². The SMILES string of the molecule is C[C@@H]1Cc2oc(C(=O)O)c(C(F)(F)F)c2-c2nn(C[C@H]3COCCO3)cc21. The molecule has 0 saturated carbocycles. The van der Waals surface area contributed by atoms with Crippen molar-refractivity contribution in [2.24, 2.45) is 0 Å². The van der Waals surface area contributed by atoms with Crippen LogP contribution in [0.25, 0.3) is 11.3 Å². The second kappa shape index (κ2) is 6.38. The molecule has 0 aromatic carbocycles. The molecule has 1 N–H and O–H groups in total. The molecule has 2 aliphatic rings. The number of aromatic nitrogens is 2. The summed E-state index contributed by atoms with van der Waals surface area (Å²) in [6.45, 7) is 3.51. The molecule has 7 nitrogen and oxygen atoms in total. The summed E-state index contributed by atoms with van der Waals surface area (Å²) in [7, 11) is 0. The average molecular weight is 386 g/mol. The van der Waals surface area contributed by atoms with Gasteiger partial charge in [-0.3, -0.25) is 4.68 Å². The van der Waals surface area contributed by atoms with Gasteiger partial charge in [0.05, 0.1) is 37.6 Å². The van der Waals surface area contributed by atoms with Gasteiger partial charge in [0, 0.05) is 18.2 Å². The van der Waals surface area contributed by atoms with Gasteiger partial charge in [-0.05, 0) is 5.92 Å². The molecule has 1 saturated heterocycles. The Morgan fingerprint density at radius 3 is 2.81 bits per heavy atom. The number of hydrogen-bond donors (Lipinski definition) is 1. The lowest BCUT2D eigenvalue weighted by atomic mass is 9.86. The van der Waals surface area contributed by atoms with Crippen molar-refractivity contribution in [3.63, 3.8) is 0 Å². The minimum Gasteiger partial charge on any atom is -0.475 e. The van der Waals surface area contributed by atoms with Crippen LogP contribution < -0.4 is 0 Å². The number of carbonyl (C=O) groups is 1. The Bertz CT molecular complexity index is 880. The smallest absolute Gasteiger partial charge is 0.421 e. The van der Waals surface area contributed by atoms with Gasteiger partial charge in [0.1, 0.15) is 17.4 Å². The lowest BCUT2D eigenvalue weighted by Crippen LogP contribution is -2.32. The Labute approximate surface area is 151 Å². The number of carboxylic acids is 1. The number of carboxylic acid groups (broad SMARTS) is 1. The Kier molecular flexibility index (Phi) is 4.26. The number of nitrogens with zero attached hydrogens (tertiary/aromatic N) is 2. The molecule has 27 heavy (non-hydrogen) atoms. The normalized spacial score (nSPS) is 22.4. The molecule has 0 radical (unpaired) electrons. The highest BCUT2D eigenvalue weighted by atomic mass is 19.4. The van der Waals surface area contributed by atoms with E-state index in [4.69, 9.17) is 19.0 Å². The van der Waals surface area contributed by atoms with E-state index in [1.807, 2.05) is 6.92 Å². The van der Waals surface area contributed by atoms with Gasteiger partial charge >= 0.3 is 12.1 Å². The van der Waals surface area contributed by atoms with Gasteiger partial charge < -0.3 is 19.0 Å². The topological polar surface area (TPSA) is 86.7 Å². The van der Waals surface area contributed by atoms with Crippen LogP contribution in [0.15, 0.2) is 10.6 Å². The lowest BCUT2D eigenvalue weighted by Gasteiger charge is -2.22. The van der Waals surface area contributed by atoms with Crippen molar-refractivity contribution in [3.05, 3.63) is 28.8 Å². The maximum Gasteiger partial charge on any atom is 0.421 e. The molecule has 0 unspecified atom stereocenters. The number of halogens is 3. The summed E-state index contributed by atoms with van der Waals surface area (Å²) in [6, 6.07) is 0. The van der Waals surface area contributed by atoms with Crippen LogP contribution in [-0.4, -0.2) is 46.8 Å². The number of furan rings is 1. The zero-order chi connectivity index (χ0) is 19.3. The van der Waals surface area contributed by atoms with E-state index >= 15 is 0 Å². The van der Waals surface area contributed by atoms with Crippen molar-refractivity contribution in [2.45, 2.75) is 38.1 Å². The van der Waals surface area contributed by atoms with Crippen LogP contribution in [0, 0.1) is 0 Å². The number of fused-ring (bicyclic) bond motifs is 3. The fraction of sp³-hybridized carbons (Fsp3) is 0.529. The molecule has 1 aliphatic heterocycles. The molecule has 2 aromatic rings. The minimum absolute atomic E-state index is 0.00206. The van der Waals surface area contributed by atoms with E-state index < -0.39 is 23.5 Å². The molecule has 2 aromatic heterocycles. The zero-order valence-electron chi connectivity index (χ0n) is 14.4. The standard InChI is InChI=1S/C17H17F3N2O5/c1-8-4-11-12(13(17(18,19)20)15(27-11)16(23)24)14-10(8)6-22(21-14)5-9-7-25-2-3-26-9/h6,8-9H,2-5,7H2,1H3,(H,23,24)/t8-,9+/m1/s1. The number of ether oxygens (including phenoxy) is 2. The van der Waals surface area contributed by atoms with E-state index in [2.05, 4.69) is 5.10 Å². The van der Waals surface area contributed by atoms with Crippen LogP contribution in [0.3, 0.4) is 0 Å². The molecular formula is C17H17F3N2O5. The van der Waals surface area contributed by atoms with Gasteiger partial charge in [-0.1, -0.05) is 6.92 Å². The molecule has 0 amide bonds. The van der Waals surface area contributed by atoms with E-state index in [0.29, 0.717) is 31.9 Å². The van der Waals surface area contributed by atoms with Crippen LogP contribution in [0.4, 0.5) is 13.2 Å². The van der Waals surface area contributed by atoms with Crippen LogP contribution in [0.1, 0.15) is 40.3 Å². The second-order valence-electron chi connectivity index (χ2n) is 6.74. The average Bonchev–Trinajstić information content (AvgIpc) is 3.17. The largest absolute Gasteiger partial charge is 0.475 e. The van der Waals surface area contributed by atoms with Crippen LogP contribution >= 0.6 is 0 Å². The van der Waals surface area contributed by atoms with Crippen LogP contribution in [-0.2, 0) is 28.6 Å². The Morgan fingerprint density at radius 2 is 2.19 bits per heavy atom. The fourth-order valence-electron chi connectivity index (χ4n) is 3.62. The number of aromatic carboxylic acids is 1. The highest BCUT2D eigenvalue weighted by molar-refractivity contribution is 5.91. The van der Waals surface area contributed by atoms with Crippen molar-refractivity contribution in [3.8, 4) is 11.3 Å². The first-order valence-corrected chi connectivity index (χ1v) is 8.49. The van der Waals surface area contributed by atoms with Gasteiger partial charge in [0.25, 0.3) is 0 Å². The maximum absolute atomic E-state index is 13.6. The Balaban J connectivity index is 1.79. The molecule has 4 rings (SSSR count). The third kappa shape index (κ3) is 3.12. The van der Waals surface area contributed by atoms with Crippen molar-refractivity contribution in [2.75, 3.05) is 19.8 Å². The van der Waals surface area contributed by atoms with Crippen molar-refractivity contribution in [1.82, 2.24) is 9.78 Å². The van der Waals surface area contributed by atoms with E-state index in [1.165, 1.54) is 4.68 Å². The fourth-order valence-corrected chi connectivity index (χ4v) is 3.62. The molecule has 1 fully saturated rings. The lowest BCUT2D eigenvalue weighted by molar-refractivity contribution is -0.138. The van der Waals surface area contributed by atoms with Gasteiger partial charge in [-0.15, -0.1) is 0 Å². The molecule has 0 bridgehead atoms. The Hall–Kier alpha value is -2.33. The first-order valence-electron chi connectivity index (χ1n) is 8.49. The van der Waals surface area contributed by atoms with Gasteiger partial charge in [-0.25, -0.2) is 4.79 Å². The van der Waals surface area contributed by atoms with E-state index in [1.54, 1.807) is 6.20 Å². The third-order valence-electron chi connectivity index (χ3n) is 4.78. The summed E-state index contributed by atoms with van der Waals surface area (Å²) in [5, 5.41) is 13.5. The minimum atomic E-state index is -4.87. The second-order valence-corrected chi connectivity index (χ2v) is 6.74. The molecule has 0 spiro atoms. The van der Waals surface area contributed by atoms with Crippen molar-refractivity contribution < 1.29 is 37.0 Å². The zero-order valence-corrected chi connectivity index (χ0v) is 14.4. The molecule has 2 atom stereocenters. The van der Waals surface area contributed by atoms with Gasteiger partial charge in [0.2, 0.25) is 5.76 Å². The Morgan fingerprint density at radius 1 is 1.41 bits per heavy atom. The van der Waals surface area contributed by atoms with E-state index in [0.717, 1.165) is 0 Å². The molecule has 146 valence electrons. The third-order valence-corrected chi connectivity index (χ3v) is 4.78.